The van der Waals surface area contributed by atoms with E-state index < -0.39 is 6.04 Å². The van der Waals surface area contributed by atoms with E-state index in [9.17, 15) is 24.0 Å². The SMILES string of the molecule is NC(N)=NCCC[C@H](N)C(=O)NCCCCCCNC(=O)c1ccc(NC(=O)c2ccc(CN(C(=O)c3ccc4c(c3)OCC(=O)N4)C3CC3)cc2)cc1. The number of amides is 5. The number of nitrogens with one attached hydrogen (secondary N) is 4. The van der Waals surface area contributed by atoms with Crippen LogP contribution in [0.2, 0.25) is 0 Å². The number of carbonyl (C=O) groups is 5. The Hall–Kier alpha value is -5.96. The van der Waals surface area contributed by atoms with E-state index in [-0.39, 0.29) is 48.1 Å². The number of aliphatic imine (C=N–C) groups is 1. The molecule has 1 saturated carbocycles. The number of hydrogen-bond acceptors (Lipinski definition) is 8. The van der Waals surface area contributed by atoms with Gasteiger partial charge in [-0.25, -0.2) is 0 Å². The summed E-state index contributed by atoms with van der Waals surface area (Å²) < 4.78 is 5.49. The summed E-state index contributed by atoms with van der Waals surface area (Å²) in [5.74, 6) is -0.535. The number of guanidine groups is 1. The topological polar surface area (TPSA) is 236 Å². The van der Waals surface area contributed by atoms with Crippen LogP contribution in [-0.4, -0.2) is 78.7 Å². The zero-order valence-corrected chi connectivity index (χ0v) is 30.3. The monoisotopic (exact) mass is 739 g/mol. The third kappa shape index (κ3) is 11.8. The lowest BCUT2D eigenvalue weighted by Crippen LogP contribution is -2.41. The minimum atomic E-state index is -0.592. The molecule has 286 valence electrons. The fraction of sp³-hybridized carbons (Fsp3) is 0.385. The molecule has 1 aliphatic heterocycles. The molecule has 3 aromatic rings. The standard InChI is InChI=1S/C39H49N9O6/c40-31(6-5-21-45-39(41)42)37(52)44-20-4-2-1-3-19-43-35(50)26-11-14-29(15-12-26)46-36(51)27-9-7-25(8-10-27)23-48(30-16-17-30)38(53)28-13-18-32-33(22-28)54-24-34(49)47-32/h7-15,18,22,30-31H,1-6,16-17,19-21,23-24,40H2,(H,43,50)(H,44,52)(H,46,51)(H,47,49)(H4,41,42,45)/t31-/m0/s1. The number of benzene rings is 3. The van der Waals surface area contributed by atoms with Crippen molar-refractivity contribution in [3.05, 3.63) is 89.0 Å². The molecular formula is C39H49N9O6. The normalized spacial score (nSPS) is 13.7. The molecule has 0 bridgehead atoms. The van der Waals surface area contributed by atoms with Gasteiger partial charge in [0.15, 0.2) is 12.6 Å². The number of nitrogens with two attached hydrogens (primary N) is 3. The van der Waals surface area contributed by atoms with E-state index in [0.29, 0.717) is 72.8 Å². The highest BCUT2D eigenvalue weighted by Gasteiger charge is 2.33. The van der Waals surface area contributed by atoms with Crippen LogP contribution < -0.4 is 43.2 Å². The third-order valence-electron chi connectivity index (χ3n) is 9.08. The smallest absolute Gasteiger partial charge is 0.262 e. The first-order valence-corrected chi connectivity index (χ1v) is 18.3. The highest BCUT2D eigenvalue weighted by atomic mass is 16.5. The molecule has 54 heavy (non-hydrogen) atoms. The second kappa shape index (κ2) is 19.2. The molecule has 10 N–H and O–H groups in total. The number of ether oxygens (including phenoxy) is 1. The van der Waals surface area contributed by atoms with Gasteiger partial charge < -0.3 is 48.1 Å². The number of anilines is 2. The maximum Gasteiger partial charge on any atom is 0.262 e. The fourth-order valence-electron chi connectivity index (χ4n) is 5.89. The van der Waals surface area contributed by atoms with Gasteiger partial charge in [-0.3, -0.25) is 29.0 Å². The molecule has 5 amide bonds. The van der Waals surface area contributed by atoms with Crippen molar-refractivity contribution in [1.82, 2.24) is 15.5 Å². The van der Waals surface area contributed by atoms with Crippen molar-refractivity contribution in [2.24, 2.45) is 22.2 Å². The molecule has 0 spiro atoms. The van der Waals surface area contributed by atoms with Crippen LogP contribution in [0.1, 0.15) is 88.0 Å². The molecule has 3 aromatic carbocycles. The lowest BCUT2D eigenvalue weighted by atomic mass is 10.1. The molecule has 15 nitrogen and oxygen atoms in total. The van der Waals surface area contributed by atoms with Crippen molar-refractivity contribution in [3.8, 4) is 5.75 Å². The van der Waals surface area contributed by atoms with Crippen LogP contribution in [-0.2, 0) is 16.1 Å². The zero-order chi connectivity index (χ0) is 38.5. The zero-order valence-electron chi connectivity index (χ0n) is 30.3. The number of rotatable bonds is 19. The van der Waals surface area contributed by atoms with E-state index in [2.05, 4.69) is 26.3 Å². The Kier molecular flexibility index (Phi) is 14.0. The highest BCUT2D eigenvalue weighted by Crippen LogP contribution is 2.33. The summed E-state index contributed by atoms with van der Waals surface area (Å²) >= 11 is 0. The molecule has 2 aliphatic rings. The molecule has 0 saturated heterocycles. The van der Waals surface area contributed by atoms with Gasteiger partial charge >= 0.3 is 0 Å². The second-order valence-corrected chi connectivity index (χ2v) is 13.5. The van der Waals surface area contributed by atoms with Crippen LogP contribution >= 0.6 is 0 Å². The first-order valence-electron chi connectivity index (χ1n) is 18.3. The molecule has 1 atom stereocenters. The van der Waals surface area contributed by atoms with Crippen molar-refractivity contribution in [2.75, 3.05) is 36.9 Å². The van der Waals surface area contributed by atoms with Crippen LogP contribution in [0.3, 0.4) is 0 Å². The van der Waals surface area contributed by atoms with Crippen LogP contribution in [0.25, 0.3) is 0 Å². The predicted molar refractivity (Wildman–Crippen MR) is 206 cm³/mol. The first kappa shape index (κ1) is 39.3. The van der Waals surface area contributed by atoms with Gasteiger partial charge in [0.25, 0.3) is 23.6 Å². The van der Waals surface area contributed by atoms with E-state index >= 15 is 0 Å². The average Bonchev–Trinajstić information content (AvgIpc) is 4.02. The summed E-state index contributed by atoms with van der Waals surface area (Å²) in [7, 11) is 0. The lowest BCUT2D eigenvalue weighted by Gasteiger charge is -2.24. The number of hydrogen-bond donors (Lipinski definition) is 7. The summed E-state index contributed by atoms with van der Waals surface area (Å²) in [5, 5.41) is 11.4. The van der Waals surface area contributed by atoms with Crippen molar-refractivity contribution in [2.45, 2.75) is 70.0 Å². The summed E-state index contributed by atoms with van der Waals surface area (Å²) in [4.78, 5) is 68.5. The van der Waals surface area contributed by atoms with Gasteiger partial charge in [-0.05, 0) is 98.7 Å². The average molecular weight is 740 g/mol. The number of fused-ring (bicyclic) bond motifs is 1. The first-order chi connectivity index (χ1) is 26.1. The van der Waals surface area contributed by atoms with Gasteiger partial charge in [-0.15, -0.1) is 0 Å². The third-order valence-corrected chi connectivity index (χ3v) is 9.08. The predicted octanol–water partition coefficient (Wildman–Crippen LogP) is 2.86. The molecule has 1 heterocycles. The van der Waals surface area contributed by atoms with Gasteiger partial charge in [0.05, 0.1) is 11.7 Å². The van der Waals surface area contributed by atoms with Gasteiger partial charge in [-0.1, -0.05) is 25.0 Å². The van der Waals surface area contributed by atoms with E-state index in [1.807, 2.05) is 17.0 Å². The van der Waals surface area contributed by atoms with Gasteiger partial charge in [-0.2, -0.15) is 0 Å². The molecule has 15 heteroatoms. The fourth-order valence-corrected chi connectivity index (χ4v) is 5.89. The molecular weight excluding hydrogens is 690 g/mol. The van der Waals surface area contributed by atoms with Crippen LogP contribution in [0.5, 0.6) is 5.75 Å². The minimum absolute atomic E-state index is 0.0226. The summed E-state index contributed by atoms with van der Waals surface area (Å²) in [5.41, 5.74) is 19.9. The Morgan fingerprint density at radius 3 is 2.17 bits per heavy atom. The molecule has 0 aromatic heterocycles. The summed E-state index contributed by atoms with van der Waals surface area (Å²) in [6, 6.07) is 18.4. The van der Waals surface area contributed by atoms with Crippen molar-refractivity contribution >= 4 is 46.9 Å². The Labute approximate surface area is 314 Å². The number of unbranched alkanes of at least 4 members (excludes halogenated alkanes) is 3. The minimum Gasteiger partial charge on any atom is -0.482 e. The molecule has 1 fully saturated rings. The van der Waals surface area contributed by atoms with Gasteiger partial charge in [0.2, 0.25) is 5.91 Å². The molecule has 1 aliphatic carbocycles. The molecule has 5 rings (SSSR count). The van der Waals surface area contributed by atoms with Crippen LogP contribution in [0.4, 0.5) is 11.4 Å². The Morgan fingerprint density at radius 2 is 1.48 bits per heavy atom. The highest BCUT2D eigenvalue weighted by molar-refractivity contribution is 6.04. The Morgan fingerprint density at radius 1 is 0.833 bits per heavy atom. The van der Waals surface area contributed by atoms with Crippen molar-refractivity contribution in [3.63, 3.8) is 0 Å². The maximum atomic E-state index is 13.5. The van der Waals surface area contributed by atoms with Gasteiger partial charge in [0.1, 0.15) is 5.75 Å². The number of nitrogens with zero attached hydrogens (tertiary/aromatic N) is 2. The largest absolute Gasteiger partial charge is 0.482 e. The molecule has 0 unspecified atom stereocenters. The Balaban J connectivity index is 0.987. The van der Waals surface area contributed by atoms with Gasteiger partial charge in [0, 0.05) is 54.6 Å². The van der Waals surface area contributed by atoms with E-state index in [0.717, 1.165) is 44.1 Å². The summed E-state index contributed by atoms with van der Waals surface area (Å²) in [6.45, 7) is 1.81. The Bertz CT molecular complexity index is 1820. The van der Waals surface area contributed by atoms with Crippen molar-refractivity contribution < 1.29 is 28.7 Å². The quantitative estimate of drug-likeness (QED) is 0.0543. The van der Waals surface area contributed by atoms with Crippen LogP contribution in [0, 0.1) is 0 Å². The summed E-state index contributed by atoms with van der Waals surface area (Å²) in [6.07, 6.45) is 6.40. The second-order valence-electron chi connectivity index (χ2n) is 13.5. The molecule has 0 radical (unpaired) electrons. The maximum absolute atomic E-state index is 13.5. The van der Waals surface area contributed by atoms with Crippen LogP contribution in [0.15, 0.2) is 71.7 Å². The van der Waals surface area contributed by atoms with E-state index in [1.54, 1.807) is 54.6 Å². The lowest BCUT2D eigenvalue weighted by molar-refractivity contribution is -0.122. The van der Waals surface area contributed by atoms with Crippen molar-refractivity contribution in [1.29, 1.82) is 0 Å². The van der Waals surface area contributed by atoms with E-state index in [1.165, 1.54) is 0 Å². The van der Waals surface area contributed by atoms with E-state index in [4.69, 9.17) is 21.9 Å². The number of carbonyl (C=O) groups excluding carboxylic acids is 5.